The van der Waals surface area contributed by atoms with Gasteiger partial charge < -0.3 is 5.32 Å². The summed E-state index contributed by atoms with van der Waals surface area (Å²) in [6, 6.07) is 5.39. The summed E-state index contributed by atoms with van der Waals surface area (Å²) < 4.78 is 21.3. The number of hydrogen-bond acceptors (Lipinski definition) is 3. The lowest BCUT2D eigenvalue weighted by Crippen LogP contribution is -2.22. The van der Waals surface area contributed by atoms with Gasteiger partial charge in [-0.3, -0.25) is 0 Å². The smallest absolute Gasteiger partial charge is 0.209 e. The predicted octanol–water partition coefficient (Wildman–Crippen LogP) is 1.76. The van der Waals surface area contributed by atoms with E-state index in [-0.39, 0.29) is 5.75 Å². The first-order chi connectivity index (χ1) is 7.90. The van der Waals surface area contributed by atoms with Crippen LogP contribution < -0.4 is 10.5 Å². The molecule has 96 valence electrons. The van der Waals surface area contributed by atoms with Gasteiger partial charge in [-0.1, -0.05) is 35.3 Å². The lowest BCUT2D eigenvalue weighted by Gasteiger charge is -2.07. The Morgan fingerprint density at radius 2 is 2.00 bits per heavy atom. The van der Waals surface area contributed by atoms with E-state index in [0.717, 1.165) is 5.56 Å². The van der Waals surface area contributed by atoms with Crippen LogP contribution in [0.15, 0.2) is 18.2 Å². The van der Waals surface area contributed by atoms with Crippen LogP contribution in [0.2, 0.25) is 10.0 Å². The molecule has 0 atom stereocenters. The van der Waals surface area contributed by atoms with Crippen LogP contribution in [0.25, 0.3) is 0 Å². The third kappa shape index (κ3) is 5.70. The molecule has 1 aromatic carbocycles. The van der Waals surface area contributed by atoms with Crippen molar-refractivity contribution in [2.24, 2.45) is 5.14 Å². The van der Waals surface area contributed by atoms with Gasteiger partial charge in [-0.25, -0.2) is 13.6 Å². The summed E-state index contributed by atoms with van der Waals surface area (Å²) in [5.41, 5.74) is 0.884. The van der Waals surface area contributed by atoms with Gasteiger partial charge in [0, 0.05) is 6.54 Å². The highest BCUT2D eigenvalue weighted by atomic mass is 35.5. The Morgan fingerprint density at radius 3 is 2.65 bits per heavy atom. The standard InChI is InChI=1S/C10H14Cl2N2O2S/c11-9-4-1-3-8(10(9)12)7-14-5-2-6-17(13,15)16/h1,3-4,14H,2,5-7H2,(H2,13,15,16). The van der Waals surface area contributed by atoms with Crippen LogP contribution in [-0.2, 0) is 16.6 Å². The molecule has 0 amide bonds. The van der Waals surface area contributed by atoms with Crippen LogP contribution in [-0.4, -0.2) is 20.7 Å². The van der Waals surface area contributed by atoms with E-state index in [4.69, 9.17) is 28.3 Å². The molecule has 1 aromatic rings. The molecule has 7 heteroatoms. The maximum absolute atomic E-state index is 10.7. The van der Waals surface area contributed by atoms with Crippen molar-refractivity contribution in [3.05, 3.63) is 33.8 Å². The zero-order valence-corrected chi connectivity index (χ0v) is 11.4. The minimum absolute atomic E-state index is 0.0245. The molecule has 4 nitrogen and oxygen atoms in total. The zero-order chi connectivity index (χ0) is 12.9. The number of primary sulfonamides is 1. The van der Waals surface area contributed by atoms with E-state index in [1.807, 2.05) is 12.1 Å². The second-order valence-corrected chi connectivity index (χ2v) is 6.13. The zero-order valence-electron chi connectivity index (χ0n) is 9.12. The SMILES string of the molecule is NS(=O)(=O)CCCNCc1cccc(Cl)c1Cl. The molecule has 0 saturated heterocycles. The molecule has 0 aliphatic carbocycles. The van der Waals surface area contributed by atoms with Gasteiger partial charge in [0.1, 0.15) is 0 Å². The van der Waals surface area contributed by atoms with E-state index in [2.05, 4.69) is 5.32 Å². The van der Waals surface area contributed by atoms with Crippen LogP contribution in [0.1, 0.15) is 12.0 Å². The van der Waals surface area contributed by atoms with Crippen molar-refractivity contribution in [1.29, 1.82) is 0 Å². The number of halogens is 2. The van der Waals surface area contributed by atoms with Gasteiger partial charge in [-0.2, -0.15) is 0 Å². The number of rotatable bonds is 6. The van der Waals surface area contributed by atoms with Crippen LogP contribution in [0.3, 0.4) is 0 Å². The molecule has 0 fully saturated rings. The molecule has 17 heavy (non-hydrogen) atoms. The third-order valence-corrected chi connectivity index (χ3v) is 3.85. The summed E-state index contributed by atoms with van der Waals surface area (Å²) >= 11 is 11.8. The maximum Gasteiger partial charge on any atom is 0.209 e. The molecule has 0 saturated carbocycles. The van der Waals surface area contributed by atoms with Gasteiger partial charge in [0.25, 0.3) is 0 Å². The van der Waals surface area contributed by atoms with Gasteiger partial charge in [0.05, 0.1) is 15.8 Å². The summed E-state index contributed by atoms with van der Waals surface area (Å²) in [4.78, 5) is 0. The largest absolute Gasteiger partial charge is 0.313 e. The molecule has 0 aromatic heterocycles. The number of sulfonamides is 1. The van der Waals surface area contributed by atoms with Crippen molar-refractivity contribution in [2.75, 3.05) is 12.3 Å². The second-order valence-electron chi connectivity index (χ2n) is 3.61. The van der Waals surface area contributed by atoms with E-state index in [1.54, 1.807) is 6.07 Å². The lowest BCUT2D eigenvalue weighted by molar-refractivity contribution is 0.590. The van der Waals surface area contributed by atoms with Crippen LogP contribution in [0.4, 0.5) is 0 Å². The summed E-state index contributed by atoms with van der Waals surface area (Å²) in [6.07, 6.45) is 0.469. The fourth-order valence-electron chi connectivity index (χ4n) is 1.31. The molecule has 0 aliphatic heterocycles. The highest BCUT2D eigenvalue weighted by Gasteiger charge is 2.04. The maximum atomic E-state index is 10.7. The molecule has 0 heterocycles. The Labute approximate surface area is 111 Å². The Kier molecular flexibility index (Phi) is 5.69. The first-order valence-electron chi connectivity index (χ1n) is 5.04. The third-order valence-electron chi connectivity index (χ3n) is 2.13. The fourth-order valence-corrected chi connectivity index (χ4v) is 2.24. The van der Waals surface area contributed by atoms with E-state index < -0.39 is 10.0 Å². The molecular weight excluding hydrogens is 283 g/mol. The minimum Gasteiger partial charge on any atom is -0.313 e. The van der Waals surface area contributed by atoms with E-state index in [9.17, 15) is 8.42 Å². The second kappa shape index (κ2) is 6.56. The monoisotopic (exact) mass is 296 g/mol. The molecule has 0 unspecified atom stereocenters. The fraction of sp³-hybridized carbons (Fsp3) is 0.400. The summed E-state index contributed by atoms with van der Waals surface area (Å²) in [5.74, 6) is -0.0245. The average molecular weight is 297 g/mol. The Hall–Kier alpha value is -0.330. The summed E-state index contributed by atoms with van der Waals surface area (Å²) in [7, 11) is -3.37. The summed E-state index contributed by atoms with van der Waals surface area (Å²) in [5, 5.41) is 8.99. The molecule has 1 rings (SSSR count). The predicted molar refractivity (Wildman–Crippen MR) is 70.8 cm³/mol. The molecule has 0 aliphatic rings. The van der Waals surface area contributed by atoms with E-state index >= 15 is 0 Å². The molecule has 0 bridgehead atoms. The van der Waals surface area contributed by atoms with Crippen molar-refractivity contribution in [1.82, 2.24) is 5.32 Å². The van der Waals surface area contributed by atoms with Crippen LogP contribution in [0.5, 0.6) is 0 Å². The van der Waals surface area contributed by atoms with Gasteiger partial charge in [-0.05, 0) is 24.6 Å². The minimum atomic E-state index is -3.37. The van der Waals surface area contributed by atoms with E-state index in [1.165, 1.54) is 0 Å². The Morgan fingerprint density at radius 1 is 1.29 bits per heavy atom. The number of hydrogen-bond donors (Lipinski definition) is 2. The normalized spacial score (nSPS) is 11.7. The van der Waals surface area contributed by atoms with E-state index in [0.29, 0.717) is 29.6 Å². The lowest BCUT2D eigenvalue weighted by atomic mass is 10.2. The topological polar surface area (TPSA) is 72.2 Å². The van der Waals surface area contributed by atoms with Crippen molar-refractivity contribution < 1.29 is 8.42 Å². The quantitative estimate of drug-likeness (QED) is 0.786. The average Bonchev–Trinajstić information content (AvgIpc) is 2.22. The first-order valence-corrected chi connectivity index (χ1v) is 7.51. The highest BCUT2D eigenvalue weighted by molar-refractivity contribution is 7.89. The Balaban J connectivity index is 2.34. The summed E-state index contributed by atoms with van der Waals surface area (Å²) in [6.45, 7) is 1.10. The van der Waals surface area contributed by atoms with Crippen molar-refractivity contribution >= 4 is 33.2 Å². The molecule has 0 spiro atoms. The van der Waals surface area contributed by atoms with Gasteiger partial charge in [0.2, 0.25) is 10.0 Å². The van der Waals surface area contributed by atoms with Gasteiger partial charge in [0.15, 0.2) is 0 Å². The number of benzene rings is 1. The van der Waals surface area contributed by atoms with Crippen LogP contribution >= 0.6 is 23.2 Å². The first kappa shape index (κ1) is 14.7. The highest BCUT2D eigenvalue weighted by Crippen LogP contribution is 2.25. The molecular formula is C10H14Cl2N2O2S. The van der Waals surface area contributed by atoms with Gasteiger partial charge in [-0.15, -0.1) is 0 Å². The molecule has 0 radical (unpaired) electrons. The Bertz CT molecular complexity index is 477. The molecule has 3 N–H and O–H groups in total. The number of nitrogens with one attached hydrogen (secondary N) is 1. The number of nitrogens with two attached hydrogens (primary N) is 1. The van der Waals surface area contributed by atoms with Crippen molar-refractivity contribution in [2.45, 2.75) is 13.0 Å². The van der Waals surface area contributed by atoms with Crippen LogP contribution in [0, 0.1) is 0 Å². The van der Waals surface area contributed by atoms with Crippen molar-refractivity contribution in [3.8, 4) is 0 Å². The van der Waals surface area contributed by atoms with Crippen molar-refractivity contribution in [3.63, 3.8) is 0 Å². The van der Waals surface area contributed by atoms with Gasteiger partial charge >= 0.3 is 0 Å².